The second-order valence-corrected chi connectivity index (χ2v) is 4.95. The van der Waals surface area contributed by atoms with E-state index in [1.165, 1.54) is 0 Å². The SMILES string of the molecule is CC1(C)C(=O)NC(=O)CN1Cc1ccnc(C#N)c1. The van der Waals surface area contributed by atoms with Crippen LogP contribution in [0.1, 0.15) is 25.1 Å². The Kier molecular flexibility index (Phi) is 3.32. The van der Waals surface area contributed by atoms with E-state index in [-0.39, 0.29) is 18.4 Å². The van der Waals surface area contributed by atoms with Crippen LogP contribution in [0, 0.1) is 11.3 Å². The summed E-state index contributed by atoms with van der Waals surface area (Å²) in [6.07, 6.45) is 1.55. The van der Waals surface area contributed by atoms with Crippen LogP contribution in [-0.4, -0.2) is 33.8 Å². The van der Waals surface area contributed by atoms with Gasteiger partial charge in [-0.05, 0) is 31.5 Å². The summed E-state index contributed by atoms with van der Waals surface area (Å²) in [7, 11) is 0. The number of hydrogen-bond acceptors (Lipinski definition) is 5. The predicted molar refractivity (Wildman–Crippen MR) is 66.6 cm³/mol. The van der Waals surface area contributed by atoms with E-state index in [4.69, 9.17) is 5.26 Å². The lowest BCUT2D eigenvalue weighted by Crippen LogP contribution is -2.63. The van der Waals surface area contributed by atoms with Crippen LogP contribution >= 0.6 is 0 Å². The quantitative estimate of drug-likeness (QED) is 0.765. The van der Waals surface area contributed by atoms with Gasteiger partial charge in [-0.2, -0.15) is 5.26 Å². The van der Waals surface area contributed by atoms with Crippen LogP contribution in [0.2, 0.25) is 0 Å². The van der Waals surface area contributed by atoms with Gasteiger partial charge in [0.25, 0.3) is 0 Å². The molecule has 2 heterocycles. The molecule has 19 heavy (non-hydrogen) atoms. The fourth-order valence-corrected chi connectivity index (χ4v) is 1.94. The molecule has 1 aromatic heterocycles. The van der Waals surface area contributed by atoms with E-state index in [9.17, 15) is 9.59 Å². The minimum atomic E-state index is -0.760. The predicted octanol–water partition coefficient (Wildman–Crippen LogP) is 0.190. The van der Waals surface area contributed by atoms with Gasteiger partial charge in [-0.15, -0.1) is 0 Å². The van der Waals surface area contributed by atoms with E-state index in [0.29, 0.717) is 12.2 Å². The summed E-state index contributed by atoms with van der Waals surface area (Å²) in [4.78, 5) is 28.9. The minimum Gasteiger partial charge on any atom is -0.294 e. The molecule has 1 saturated heterocycles. The van der Waals surface area contributed by atoms with Crippen molar-refractivity contribution in [3.63, 3.8) is 0 Å². The number of aromatic nitrogens is 1. The number of rotatable bonds is 2. The van der Waals surface area contributed by atoms with Crippen LogP contribution in [0.3, 0.4) is 0 Å². The van der Waals surface area contributed by atoms with Gasteiger partial charge in [-0.3, -0.25) is 19.8 Å². The first kappa shape index (κ1) is 13.2. The summed E-state index contributed by atoms with van der Waals surface area (Å²) in [5, 5.41) is 11.1. The molecule has 2 rings (SSSR count). The molecule has 0 spiro atoms. The zero-order valence-electron chi connectivity index (χ0n) is 10.8. The lowest BCUT2D eigenvalue weighted by molar-refractivity contribution is -0.145. The maximum atomic E-state index is 11.8. The average Bonchev–Trinajstić information content (AvgIpc) is 2.36. The Morgan fingerprint density at radius 3 is 2.95 bits per heavy atom. The van der Waals surface area contributed by atoms with Gasteiger partial charge in [-0.1, -0.05) is 0 Å². The van der Waals surface area contributed by atoms with Gasteiger partial charge in [0.2, 0.25) is 11.8 Å². The molecule has 0 saturated carbocycles. The monoisotopic (exact) mass is 258 g/mol. The van der Waals surface area contributed by atoms with Crippen molar-refractivity contribution in [2.24, 2.45) is 0 Å². The summed E-state index contributed by atoms with van der Waals surface area (Å²) in [6, 6.07) is 5.40. The first-order valence-corrected chi connectivity index (χ1v) is 5.88. The van der Waals surface area contributed by atoms with E-state index < -0.39 is 5.54 Å². The first-order chi connectivity index (χ1) is 8.93. The molecule has 6 nitrogen and oxygen atoms in total. The normalized spacial score (nSPS) is 18.8. The molecule has 0 unspecified atom stereocenters. The Hall–Kier alpha value is -2.26. The fourth-order valence-electron chi connectivity index (χ4n) is 1.94. The Labute approximate surface area is 111 Å². The van der Waals surface area contributed by atoms with Gasteiger partial charge >= 0.3 is 0 Å². The lowest BCUT2D eigenvalue weighted by Gasteiger charge is -2.40. The van der Waals surface area contributed by atoms with Crippen LogP contribution in [0.25, 0.3) is 0 Å². The Bertz CT molecular complexity index is 574. The third-order valence-corrected chi connectivity index (χ3v) is 3.25. The Balaban J connectivity index is 2.23. The Morgan fingerprint density at radius 1 is 1.53 bits per heavy atom. The highest BCUT2D eigenvalue weighted by Crippen LogP contribution is 2.20. The maximum absolute atomic E-state index is 11.8. The van der Waals surface area contributed by atoms with Gasteiger partial charge in [-0.25, -0.2) is 4.98 Å². The van der Waals surface area contributed by atoms with Crippen molar-refractivity contribution in [3.8, 4) is 6.07 Å². The number of carbonyl (C=O) groups excluding carboxylic acids is 2. The molecular formula is C13H14N4O2. The number of hydrogen-bond donors (Lipinski definition) is 1. The molecule has 1 N–H and O–H groups in total. The molecule has 0 bridgehead atoms. The largest absolute Gasteiger partial charge is 0.294 e. The summed E-state index contributed by atoms with van der Waals surface area (Å²) in [5.74, 6) is -0.614. The van der Waals surface area contributed by atoms with Gasteiger partial charge in [0.15, 0.2) is 0 Å². The van der Waals surface area contributed by atoms with Crippen molar-refractivity contribution in [3.05, 3.63) is 29.6 Å². The average molecular weight is 258 g/mol. The molecule has 1 aliphatic heterocycles. The van der Waals surface area contributed by atoms with Crippen LogP contribution in [0.5, 0.6) is 0 Å². The molecular weight excluding hydrogens is 244 g/mol. The van der Waals surface area contributed by atoms with E-state index in [1.807, 2.05) is 6.07 Å². The standard InChI is InChI=1S/C13H14N4O2/c1-13(2)12(19)16-11(18)8-17(13)7-9-3-4-15-10(5-9)6-14/h3-5H,7-8H2,1-2H3,(H,16,18,19). The molecule has 6 heteroatoms. The number of piperazine rings is 1. The fraction of sp³-hybridized carbons (Fsp3) is 0.385. The smallest absolute Gasteiger partial charge is 0.246 e. The van der Waals surface area contributed by atoms with Crippen molar-refractivity contribution < 1.29 is 9.59 Å². The molecule has 98 valence electrons. The van der Waals surface area contributed by atoms with E-state index >= 15 is 0 Å². The van der Waals surface area contributed by atoms with Gasteiger partial charge in [0, 0.05) is 12.7 Å². The summed E-state index contributed by atoms with van der Waals surface area (Å²) >= 11 is 0. The number of nitriles is 1. The molecule has 0 radical (unpaired) electrons. The highest BCUT2D eigenvalue weighted by Gasteiger charge is 2.40. The zero-order chi connectivity index (χ0) is 14.0. The van der Waals surface area contributed by atoms with Gasteiger partial charge in [0.1, 0.15) is 11.8 Å². The number of pyridine rings is 1. The van der Waals surface area contributed by atoms with Gasteiger partial charge in [0.05, 0.1) is 12.1 Å². The van der Waals surface area contributed by atoms with Crippen molar-refractivity contribution in [1.82, 2.24) is 15.2 Å². The summed E-state index contributed by atoms with van der Waals surface area (Å²) in [5.41, 5.74) is 0.412. The minimum absolute atomic E-state index is 0.156. The highest BCUT2D eigenvalue weighted by atomic mass is 16.2. The molecule has 0 atom stereocenters. The molecule has 1 aliphatic rings. The third-order valence-electron chi connectivity index (χ3n) is 3.25. The number of nitrogens with zero attached hydrogens (tertiary/aromatic N) is 3. The molecule has 2 amide bonds. The molecule has 1 aromatic rings. The van der Waals surface area contributed by atoms with Crippen LogP contribution in [0.15, 0.2) is 18.3 Å². The van der Waals surface area contributed by atoms with Crippen LogP contribution in [0.4, 0.5) is 0 Å². The zero-order valence-corrected chi connectivity index (χ0v) is 10.8. The van der Waals surface area contributed by atoms with E-state index in [0.717, 1.165) is 5.56 Å². The summed E-state index contributed by atoms with van der Waals surface area (Å²) < 4.78 is 0. The van der Waals surface area contributed by atoms with Crippen molar-refractivity contribution in [2.75, 3.05) is 6.54 Å². The van der Waals surface area contributed by atoms with Crippen molar-refractivity contribution in [1.29, 1.82) is 5.26 Å². The second kappa shape index (κ2) is 4.78. The molecule has 0 aromatic carbocycles. The molecule has 0 aliphatic carbocycles. The highest BCUT2D eigenvalue weighted by molar-refractivity contribution is 6.02. The van der Waals surface area contributed by atoms with Crippen LogP contribution in [-0.2, 0) is 16.1 Å². The molecule has 1 fully saturated rings. The third kappa shape index (κ3) is 2.61. The first-order valence-electron chi connectivity index (χ1n) is 5.88. The van der Waals surface area contributed by atoms with E-state index in [2.05, 4.69) is 10.3 Å². The van der Waals surface area contributed by atoms with E-state index in [1.54, 1.807) is 37.1 Å². The lowest BCUT2D eigenvalue weighted by atomic mass is 9.98. The van der Waals surface area contributed by atoms with Crippen molar-refractivity contribution >= 4 is 11.8 Å². The van der Waals surface area contributed by atoms with Gasteiger partial charge < -0.3 is 0 Å². The number of imide groups is 1. The number of amides is 2. The number of carbonyl (C=O) groups is 2. The van der Waals surface area contributed by atoms with Crippen molar-refractivity contribution in [2.45, 2.75) is 25.9 Å². The Morgan fingerprint density at radius 2 is 2.26 bits per heavy atom. The topological polar surface area (TPSA) is 86.1 Å². The van der Waals surface area contributed by atoms with Crippen LogP contribution < -0.4 is 5.32 Å². The summed E-state index contributed by atoms with van der Waals surface area (Å²) in [6.45, 7) is 4.11. The number of nitrogens with one attached hydrogen (secondary N) is 1. The second-order valence-electron chi connectivity index (χ2n) is 4.95. The maximum Gasteiger partial charge on any atom is 0.246 e.